The average molecular weight is 233 g/mol. The van der Waals surface area contributed by atoms with Crippen LogP contribution in [0.5, 0.6) is 5.75 Å². The summed E-state index contributed by atoms with van der Waals surface area (Å²) in [6.07, 6.45) is 4.66. The average Bonchev–Trinajstić information content (AvgIpc) is 2.69. The van der Waals surface area contributed by atoms with Gasteiger partial charge >= 0.3 is 0 Å². The Balaban J connectivity index is 2.40. The maximum absolute atomic E-state index is 9.94. The van der Waals surface area contributed by atoms with E-state index in [0.717, 1.165) is 42.7 Å². The number of aryl methyl sites for hydroxylation is 1. The molecule has 0 saturated carbocycles. The fraction of sp³-hybridized carbons (Fsp3) is 0.462. The van der Waals surface area contributed by atoms with Crippen molar-refractivity contribution in [3.63, 3.8) is 0 Å². The lowest BCUT2D eigenvalue weighted by Crippen LogP contribution is -2.15. The van der Waals surface area contributed by atoms with E-state index >= 15 is 0 Å². The van der Waals surface area contributed by atoms with Gasteiger partial charge in [-0.15, -0.1) is 0 Å². The number of pyridine rings is 1. The van der Waals surface area contributed by atoms with Crippen LogP contribution in [-0.4, -0.2) is 27.7 Å². The lowest BCUT2D eigenvalue weighted by Gasteiger charge is -2.01. The zero-order valence-corrected chi connectivity index (χ0v) is 10.4. The Labute approximate surface area is 101 Å². The molecule has 0 saturated heterocycles. The van der Waals surface area contributed by atoms with Crippen LogP contribution in [0, 0.1) is 0 Å². The fourth-order valence-electron chi connectivity index (χ4n) is 2.11. The summed E-state index contributed by atoms with van der Waals surface area (Å²) < 4.78 is 2.08. The highest BCUT2D eigenvalue weighted by Gasteiger charge is 2.11. The molecule has 0 aromatic carbocycles. The first kappa shape index (κ1) is 11.9. The molecule has 2 rings (SSSR count). The molecular formula is C13H19N3O. The molecule has 17 heavy (non-hydrogen) atoms. The maximum atomic E-state index is 9.94. The molecule has 0 bridgehead atoms. The van der Waals surface area contributed by atoms with E-state index in [9.17, 15) is 5.11 Å². The summed E-state index contributed by atoms with van der Waals surface area (Å²) in [6.45, 7) is 6.94. The molecule has 0 aliphatic heterocycles. The molecule has 0 aliphatic rings. The molecule has 92 valence electrons. The Kier molecular flexibility index (Phi) is 3.64. The van der Waals surface area contributed by atoms with Crippen molar-refractivity contribution >= 4 is 11.0 Å². The molecule has 0 fully saturated rings. The fourth-order valence-corrected chi connectivity index (χ4v) is 2.11. The first-order valence-electron chi connectivity index (χ1n) is 6.14. The SMILES string of the molecule is CCNCCc1cn(CC)c2nccc(O)c12. The Morgan fingerprint density at radius 3 is 2.94 bits per heavy atom. The van der Waals surface area contributed by atoms with Crippen molar-refractivity contribution in [2.24, 2.45) is 0 Å². The first-order valence-corrected chi connectivity index (χ1v) is 6.14. The van der Waals surface area contributed by atoms with Gasteiger partial charge in [-0.05, 0) is 38.1 Å². The van der Waals surface area contributed by atoms with Crippen LogP contribution in [0.4, 0.5) is 0 Å². The summed E-state index contributed by atoms with van der Waals surface area (Å²) in [5.41, 5.74) is 2.03. The molecule has 0 spiro atoms. The number of aromatic hydroxyl groups is 1. The number of aromatic nitrogens is 2. The number of nitrogens with one attached hydrogen (secondary N) is 1. The first-order chi connectivity index (χ1) is 8.27. The predicted molar refractivity (Wildman–Crippen MR) is 69.3 cm³/mol. The Morgan fingerprint density at radius 1 is 1.41 bits per heavy atom. The molecule has 0 atom stereocenters. The Bertz CT molecular complexity index is 505. The summed E-state index contributed by atoms with van der Waals surface area (Å²) in [5, 5.41) is 14.1. The van der Waals surface area contributed by atoms with Gasteiger partial charge < -0.3 is 15.0 Å². The minimum absolute atomic E-state index is 0.327. The summed E-state index contributed by atoms with van der Waals surface area (Å²) in [5.74, 6) is 0.327. The number of hydrogen-bond donors (Lipinski definition) is 2. The van der Waals surface area contributed by atoms with E-state index in [-0.39, 0.29) is 0 Å². The summed E-state index contributed by atoms with van der Waals surface area (Å²) in [6, 6.07) is 1.65. The van der Waals surface area contributed by atoms with Crippen molar-refractivity contribution < 1.29 is 5.11 Å². The van der Waals surface area contributed by atoms with Crippen molar-refractivity contribution in [1.82, 2.24) is 14.9 Å². The molecular weight excluding hydrogens is 214 g/mol. The molecule has 0 radical (unpaired) electrons. The molecule has 0 aliphatic carbocycles. The number of nitrogens with zero attached hydrogens (tertiary/aromatic N) is 2. The van der Waals surface area contributed by atoms with Gasteiger partial charge in [-0.2, -0.15) is 0 Å². The van der Waals surface area contributed by atoms with E-state index < -0.39 is 0 Å². The van der Waals surface area contributed by atoms with Crippen LogP contribution in [0.25, 0.3) is 11.0 Å². The molecule has 0 unspecified atom stereocenters. The normalized spacial score (nSPS) is 11.2. The lowest BCUT2D eigenvalue weighted by molar-refractivity contribution is 0.480. The van der Waals surface area contributed by atoms with Gasteiger partial charge in [0.05, 0.1) is 5.39 Å². The van der Waals surface area contributed by atoms with Crippen LogP contribution in [0.3, 0.4) is 0 Å². The lowest BCUT2D eigenvalue weighted by atomic mass is 10.1. The van der Waals surface area contributed by atoms with Crippen LogP contribution >= 0.6 is 0 Å². The van der Waals surface area contributed by atoms with E-state index in [1.807, 2.05) is 0 Å². The topological polar surface area (TPSA) is 50.1 Å². The van der Waals surface area contributed by atoms with E-state index in [2.05, 4.69) is 34.9 Å². The molecule has 2 heterocycles. The van der Waals surface area contributed by atoms with E-state index in [1.165, 1.54) is 0 Å². The summed E-state index contributed by atoms with van der Waals surface area (Å²) in [7, 11) is 0. The third kappa shape index (κ3) is 2.26. The highest BCUT2D eigenvalue weighted by atomic mass is 16.3. The number of rotatable bonds is 5. The van der Waals surface area contributed by atoms with Crippen molar-refractivity contribution in [1.29, 1.82) is 0 Å². The van der Waals surface area contributed by atoms with Gasteiger partial charge in [0.25, 0.3) is 0 Å². The molecule has 4 heteroatoms. The Hall–Kier alpha value is -1.55. The molecule has 4 nitrogen and oxygen atoms in total. The minimum atomic E-state index is 0.327. The van der Waals surface area contributed by atoms with Crippen LogP contribution < -0.4 is 5.32 Å². The smallest absolute Gasteiger partial charge is 0.143 e. The van der Waals surface area contributed by atoms with Crippen molar-refractivity contribution in [3.8, 4) is 5.75 Å². The largest absolute Gasteiger partial charge is 0.507 e. The summed E-state index contributed by atoms with van der Waals surface area (Å²) >= 11 is 0. The second-order valence-corrected chi connectivity index (χ2v) is 4.07. The zero-order valence-electron chi connectivity index (χ0n) is 10.4. The minimum Gasteiger partial charge on any atom is -0.507 e. The highest BCUT2D eigenvalue weighted by Crippen LogP contribution is 2.28. The quantitative estimate of drug-likeness (QED) is 0.776. The number of fused-ring (bicyclic) bond motifs is 1. The highest BCUT2D eigenvalue weighted by molar-refractivity contribution is 5.86. The molecule has 0 amide bonds. The van der Waals surface area contributed by atoms with Gasteiger partial charge in [-0.25, -0.2) is 4.98 Å². The number of hydrogen-bond acceptors (Lipinski definition) is 3. The van der Waals surface area contributed by atoms with Gasteiger partial charge in [-0.3, -0.25) is 0 Å². The predicted octanol–water partition coefficient (Wildman–Crippen LogP) is 1.91. The van der Waals surface area contributed by atoms with Gasteiger partial charge in [0.2, 0.25) is 0 Å². The van der Waals surface area contributed by atoms with Gasteiger partial charge in [0.1, 0.15) is 11.4 Å². The number of likely N-dealkylation sites (N-methyl/N-ethyl adjacent to an activating group) is 1. The third-order valence-electron chi connectivity index (χ3n) is 2.98. The maximum Gasteiger partial charge on any atom is 0.143 e. The van der Waals surface area contributed by atoms with Crippen LogP contribution in [0.2, 0.25) is 0 Å². The molecule has 2 aromatic heterocycles. The second-order valence-electron chi connectivity index (χ2n) is 4.07. The van der Waals surface area contributed by atoms with Gasteiger partial charge in [0, 0.05) is 18.9 Å². The zero-order chi connectivity index (χ0) is 12.3. The molecule has 2 aromatic rings. The monoisotopic (exact) mass is 233 g/mol. The summed E-state index contributed by atoms with van der Waals surface area (Å²) in [4.78, 5) is 4.34. The standard InChI is InChI=1S/C13H19N3O/c1-3-14-7-5-10-9-16(4-2)13-12(10)11(17)6-8-15-13/h6,8-9,14H,3-5,7H2,1-2H3,(H,15,17). The van der Waals surface area contributed by atoms with Crippen LogP contribution in [0.15, 0.2) is 18.5 Å². The van der Waals surface area contributed by atoms with Crippen molar-refractivity contribution in [2.45, 2.75) is 26.8 Å². The van der Waals surface area contributed by atoms with E-state index in [4.69, 9.17) is 0 Å². The second kappa shape index (κ2) is 5.19. The van der Waals surface area contributed by atoms with Crippen molar-refractivity contribution in [2.75, 3.05) is 13.1 Å². The van der Waals surface area contributed by atoms with E-state index in [0.29, 0.717) is 5.75 Å². The van der Waals surface area contributed by atoms with Crippen LogP contribution in [0.1, 0.15) is 19.4 Å². The van der Waals surface area contributed by atoms with Gasteiger partial charge in [0.15, 0.2) is 0 Å². The third-order valence-corrected chi connectivity index (χ3v) is 2.98. The molecule has 2 N–H and O–H groups in total. The van der Waals surface area contributed by atoms with E-state index in [1.54, 1.807) is 12.3 Å². The van der Waals surface area contributed by atoms with Crippen molar-refractivity contribution in [3.05, 3.63) is 24.0 Å². The van der Waals surface area contributed by atoms with Crippen LogP contribution in [-0.2, 0) is 13.0 Å². The Morgan fingerprint density at radius 2 is 2.24 bits per heavy atom. The van der Waals surface area contributed by atoms with Gasteiger partial charge in [-0.1, -0.05) is 6.92 Å².